The highest BCUT2D eigenvalue weighted by Gasteiger charge is 2.46. The first-order valence-corrected chi connectivity index (χ1v) is 7.83. The van der Waals surface area contributed by atoms with E-state index in [0.717, 1.165) is 43.8 Å². The van der Waals surface area contributed by atoms with Crippen LogP contribution in [0, 0.1) is 5.92 Å². The second kappa shape index (κ2) is 8.02. The third kappa shape index (κ3) is 4.14. The maximum absolute atomic E-state index is 11.9. The van der Waals surface area contributed by atoms with E-state index in [0.29, 0.717) is 6.61 Å². The topological polar surface area (TPSA) is 61.5 Å². The molecule has 0 radical (unpaired) electrons. The zero-order valence-corrected chi connectivity index (χ0v) is 12.3. The molecule has 0 aliphatic heterocycles. The van der Waals surface area contributed by atoms with E-state index in [1.54, 1.807) is 7.11 Å². The van der Waals surface area contributed by atoms with E-state index in [4.69, 9.17) is 15.2 Å². The summed E-state index contributed by atoms with van der Waals surface area (Å²) in [5, 5.41) is 0. The minimum atomic E-state index is -0.738. The molecule has 0 heterocycles. The van der Waals surface area contributed by atoms with Gasteiger partial charge in [0.15, 0.2) is 0 Å². The number of nitrogens with two attached hydrogens (primary N) is 1. The van der Waals surface area contributed by atoms with E-state index >= 15 is 0 Å². The smallest absolute Gasteiger partial charge is 0.326 e. The van der Waals surface area contributed by atoms with Crippen LogP contribution in [-0.2, 0) is 14.3 Å². The predicted molar refractivity (Wildman–Crippen MR) is 74.7 cm³/mol. The molecule has 0 spiro atoms. The summed E-state index contributed by atoms with van der Waals surface area (Å²) < 4.78 is 10.1. The van der Waals surface area contributed by atoms with Crippen molar-refractivity contribution in [2.24, 2.45) is 11.7 Å². The van der Waals surface area contributed by atoms with Gasteiger partial charge in [-0.05, 0) is 37.9 Å². The third-order valence-electron chi connectivity index (χ3n) is 3.57. The molecule has 1 fully saturated rings. The molecule has 1 rings (SSSR count). The highest BCUT2D eigenvalue weighted by molar-refractivity contribution is 7.99. The molecular weight excluding hydrogens is 250 g/mol. The molecule has 5 heteroatoms. The van der Waals surface area contributed by atoms with Crippen LogP contribution in [0.4, 0.5) is 0 Å². The van der Waals surface area contributed by atoms with Crippen molar-refractivity contribution in [1.82, 2.24) is 0 Å². The number of ether oxygens (including phenoxy) is 2. The number of carbonyl (C=O) groups excluding carboxylic acids is 1. The lowest BCUT2D eigenvalue weighted by Gasteiger charge is -2.28. The second-order valence-electron chi connectivity index (χ2n) is 4.74. The Hall–Kier alpha value is -0.260. The quantitative estimate of drug-likeness (QED) is 0.541. The monoisotopic (exact) mass is 275 g/mol. The third-order valence-corrected chi connectivity index (χ3v) is 4.55. The molecule has 0 aromatic rings. The fraction of sp³-hybridized carbons (Fsp3) is 0.923. The molecule has 0 bridgehead atoms. The molecule has 0 aromatic heterocycles. The average Bonchev–Trinajstić information content (AvgIpc) is 2.72. The van der Waals surface area contributed by atoms with Crippen molar-refractivity contribution in [2.45, 2.75) is 38.1 Å². The predicted octanol–water partition coefficient (Wildman–Crippen LogP) is 1.82. The van der Waals surface area contributed by atoms with Gasteiger partial charge in [0.1, 0.15) is 5.54 Å². The number of hydrogen-bond acceptors (Lipinski definition) is 5. The van der Waals surface area contributed by atoms with Gasteiger partial charge in [-0.2, -0.15) is 11.8 Å². The molecule has 0 aromatic carbocycles. The molecule has 0 saturated heterocycles. The lowest BCUT2D eigenvalue weighted by molar-refractivity contribution is -0.151. The highest BCUT2D eigenvalue weighted by Crippen LogP contribution is 2.37. The maximum Gasteiger partial charge on any atom is 0.326 e. The first-order chi connectivity index (χ1) is 8.65. The van der Waals surface area contributed by atoms with Gasteiger partial charge >= 0.3 is 5.97 Å². The normalized spacial score (nSPS) is 27.4. The van der Waals surface area contributed by atoms with Crippen LogP contribution in [0.5, 0.6) is 0 Å². The van der Waals surface area contributed by atoms with Crippen LogP contribution in [0.2, 0.25) is 0 Å². The second-order valence-corrected chi connectivity index (χ2v) is 5.97. The fourth-order valence-electron chi connectivity index (χ4n) is 2.51. The Labute approximate surface area is 114 Å². The van der Waals surface area contributed by atoms with Gasteiger partial charge in [-0.1, -0.05) is 6.42 Å². The minimum absolute atomic E-state index is 0.214. The zero-order chi connectivity index (χ0) is 13.4. The number of rotatable bonds is 8. The molecule has 4 nitrogen and oxygen atoms in total. The first-order valence-electron chi connectivity index (χ1n) is 6.68. The molecule has 2 N–H and O–H groups in total. The Balaban J connectivity index is 2.36. The van der Waals surface area contributed by atoms with Crippen molar-refractivity contribution in [3.8, 4) is 0 Å². The SMILES string of the molecule is CCOC(=O)C1(N)CCCC1CCSCCOC. The fourth-order valence-corrected chi connectivity index (χ4v) is 3.45. The maximum atomic E-state index is 11.9. The molecular formula is C13H25NO3S. The van der Waals surface area contributed by atoms with Crippen LogP contribution < -0.4 is 5.73 Å². The summed E-state index contributed by atoms with van der Waals surface area (Å²) in [7, 11) is 1.71. The Morgan fingerprint density at radius 2 is 2.28 bits per heavy atom. The zero-order valence-electron chi connectivity index (χ0n) is 11.4. The van der Waals surface area contributed by atoms with Gasteiger partial charge in [0.25, 0.3) is 0 Å². The van der Waals surface area contributed by atoms with Crippen LogP contribution in [-0.4, -0.2) is 43.3 Å². The van der Waals surface area contributed by atoms with E-state index in [2.05, 4.69) is 0 Å². The highest BCUT2D eigenvalue weighted by atomic mass is 32.2. The van der Waals surface area contributed by atoms with Gasteiger partial charge in [-0.25, -0.2) is 0 Å². The number of esters is 1. The summed E-state index contributed by atoms with van der Waals surface area (Å²) in [5.74, 6) is 2.09. The van der Waals surface area contributed by atoms with Crippen LogP contribution in [0.1, 0.15) is 32.6 Å². The van der Waals surface area contributed by atoms with Crippen LogP contribution in [0.15, 0.2) is 0 Å². The molecule has 2 unspecified atom stereocenters. The molecule has 0 amide bonds. The van der Waals surface area contributed by atoms with Crippen molar-refractivity contribution in [2.75, 3.05) is 31.8 Å². The van der Waals surface area contributed by atoms with Crippen LogP contribution in [0.3, 0.4) is 0 Å². The molecule has 1 aliphatic carbocycles. The molecule has 1 aliphatic rings. The van der Waals surface area contributed by atoms with Gasteiger partial charge in [-0.3, -0.25) is 4.79 Å². The number of hydrogen-bond donors (Lipinski definition) is 1. The standard InChI is InChI=1S/C13H25NO3S/c1-3-17-12(15)13(14)7-4-5-11(13)6-9-18-10-8-16-2/h11H,3-10,14H2,1-2H3. The van der Waals surface area contributed by atoms with Crippen molar-refractivity contribution < 1.29 is 14.3 Å². The van der Waals surface area contributed by atoms with E-state index in [1.807, 2.05) is 18.7 Å². The lowest BCUT2D eigenvalue weighted by Crippen LogP contribution is -2.52. The van der Waals surface area contributed by atoms with Crippen LogP contribution >= 0.6 is 11.8 Å². The number of thioether (sulfide) groups is 1. The molecule has 18 heavy (non-hydrogen) atoms. The van der Waals surface area contributed by atoms with Gasteiger partial charge in [-0.15, -0.1) is 0 Å². The van der Waals surface area contributed by atoms with Gasteiger partial charge < -0.3 is 15.2 Å². The van der Waals surface area contributed by atoms with Gasteiger partial charge in [0.2, 0.25) is 0 Å². The van der Waals surface area contributed by atoms with Crippen molar-refractivity contribution in [3.05, 3.63) is 0 Å². The van der Waals surface area contributed by atoms with E-state index < -0.39 is 5.54 Å². The Morgan fingerprint density at radius 1 is 1.50 bits per heavy atom. The minimum Gasteiger partial charge on any atom is -0.465 e. The summed E-state index contributed by atoms with van der Waals surface area (Å²) in [6.45, 7) is 3.01. The molecule has 2 atom stereocenters. The van der Waals surface area contributed by atoms with Crippen molar-refractivity contribution in [1.29, 1.82) is 0 Å². The first kappa shape index (κ1) is 15.8. The van der Waals surface area contributed by atoms with Gasteiger partial charge in [0.05, 0.1) is 13.2 Å². The van der Waals surface area contributed by atoms with E-state index in [-0.39, 0.29) is 11.9 Å². The van der Waals surface area contributed by atoms with Gasteiger partial charge in [0, 0.05) is 12.9 Å². The molecule has 106 valence electrons. The van der Waals surface area contributed by atoms with Crippen LogP contribution in [0.25, 0.3) is 0 Å². The average molecular weight is 275 g/mol. The van der Waals surface area contributed by atoms with E-state index in [9.17, 15) is 4.79 Å². The number of carbonyl (C=O) groups is 1. The van der Waals surface area contributed by atoms with Crippen molar-refractivity contribution >= 4 is 17.7 Å². The Morgan fingerprint density at radius 3 is 2.94 bits per heavy atom. The lowest BCUT2D eigenvalue weighted by atomic mass is 9.86. The summed E-state index contributed by atoms with van der Waals surface area (Å²) in [6.07, 6.45) is 3.83. The summed E-state index contributed by atoms with van der Waals surface area (Å²) in [5.41, 5.74) is 5.53. The largest absolute Gasteiger partial charge is 0.465 e. The summed E-state index contributed by atoms with van der Waals surface area (Å²) in [4.78, 5) is 11.9. The number of methoxy groups -OCH3 is 1. The summed E-state index contributed by atoms with van der Waals surface area (Å²) in [6, 6.07) is 0. The Bertz CT molecular complexity index is 263. The van der Waals surface area contributed by atoms with Crippen molar-refractivity contribution in [3.63, 3.8) is 0 Å². The van der Waals surface area contributed by atoms with E-state index in [1.165, 1.54) is 0 Å². The molecule has 1 saturated carbocycles. The summed E-state index contributed by atoms with van der Waals surface area (Å²) >= 11 is 1.86. The Kier molecular flexibility index (Phi) is 7.04.